The molecule has 0 amide bonds. The van der Waals surface area contributed by atoms with Gasteiger partial charge in [0.25, 0.3) is 0 Å². The molecule has 0 saturated carbocycles. The van der Waals surface area contributed by atoms with Gasteiger partial charge in [0.1, 0.15) is 5.82 Å². The summed E-state index contributed by atoms with van der Waals surface area (Å²) in [5.41, 5.74) is 1.52. The van der Waals surface area contributed by atoms with E-state index in [1.54, 1.807) is 12.1 Å². The van der Waals surface area contributed by atoms with Gasteiger partial charge < -0.3 is 0 Å². The van der Waals surface area contributed by atoms with E-state index >= 15 is 0 Å². The molecule has 0 N–H and O–H groups in total. The second-order valence-electron chi connectivity index (χ2n) is 4.70. The molecule has 0 fully saturated rings. The molecular weight excluding hydrogens is 321 g/mol. The van der Waals surface area contributed by atoms with Crippen LogP contribution >= 0.6 is 15.9 Å². The highest BCUT2D eigenvalue weighted by molar-refractivity contribution is 9.10. The van der Waals surface area contributed by atoms with Gasteiger partial charge in [-0.1, -0.05) is 46.3 Å². The molecule has 0 spiro atoms. The lowest BCUT2D eigenvalue weighted by Gasteiger charge is -2.16. The van der Waals surface area contributed by atoms with E-state index in [0.717, 1.165) is 10.0 Å². The quantitative estimate of drug-likeness (QED) is 0.772. The SMILES string of the molecule is CN(CC(=O)c1cccc(F)c1)Cc1ccccc1Br. The minimum atomic E-state index is -0.385. The monoisotopic (exact) mass is 335 g/mol. The average Bonchev–Trinajstić information content (AvgIpc) is 2.41. The summed E-state index contributed by atoms with van der Waals surface area (Å²) >= 11 is 3.48. The molecule has 0 saturated heterocycles. The summed E-state index contributed by atoms with van der Waals surface area (Å²) in [5.74, 6) is -0.469. The summed E-state index contributed by atoms with van der Waals surface area (Å²) in [5, 5.41) is 0. The Kier molecular flexibility index (Phi) is 5.04. The first kappa shape index (κ1) is 14.9. The zero-order valence-electron chi connectivity index (χ0n) is 11.1. The van der Waals surface area contributed by atoms with E-state index in [4.69, 9.17) is 0 Å². The van der Waals surface area contributed by atoms with Crippen molar-refractivity contribution in [2.45, 2.75) is 6.54 Å². The number of carbonyl (C=O) groups is 1. The molecule has 104 valence electrons. The number of rotatable bonds is 5. The summed E-state index contributed by atoms with van der Waals surface area (Å²) in [7, 11) is 1.87. The summed E-state index contributed by atoms with van der Waals surface area (Å²) < 4.78 is 14.1. The molecule has 2 aromatic carbocycles. The number of carbonyl (C=O) groups excluding carboxylic acids is 1. The normalized spacial score (nSPS) is 10.8. The largest absolute Gasteiger partial charge is 0.295 e. The number of likely N-dealkylation sites (N-methyl/N-ethyl adjacent to an activating group) is 1. The topological polar surface area (TPSA) is 20.3 Å². The molecule has 0 atom stereocenters. The molecule has 0 bridgehead atoms. The molecule has 0 aliphatic heterocycles. The summed E-state index contributed by atoms with van der Waals surface area (Å²) in [6.45, 7) is 0.910. The van der Waals surface area contributed by atoms with Crippen molar-refractivity contribution in [1.82, 2.24) is 4.90 Å². The van der Waals surface area contributed by atoms with E-state index in [0.29, 0.717) is 12.1 Å². The third-order valence-corrected chi connectivity index (χ3v) is 3.73. The van der Waals surface area contributed by atoms with Gasteiger partial charge in [-0.05, 0) is 30.8 Å². The van der Waals surface area contributed by atoms with Crippen molar-refractivity contribution in [3.8, 4) is 0 Å². The fraction of sp³-hybridized carbons (Fsp3) is 0.188. The highest BCUT2D eigenvalue weighted by atomic mass is 79.9. The third-order valence-electron chi connectivity index (χ3n) is 2.96. The van der Waals surface area contributed by atoms with Gasteiger partial charge in [0.15, 0.2) is 5.78 Å². The first-order chi connectivity index (χ1) is 9.56. The van der Waals surface area contributed by atoms with Crippen LogP contribution in [0.4, 0.5) is 4.39 Å². The maximum Gasteiger partial charge on any atom is 0.176 e. The van der Waals surface area contributed by atoms with Crippen LogP contribution in [0.5, 0.6) is 0 Å². The number of hydrogen-bond donors (Lipinski definition) is 0. The van der Waals surface area contributed by atoms with Crippen molar-refractivity contribution >= 4 is 21.7 Å². The van der Waals surface area contributed by atoms with Gasteiger partial charge in [0.2, 0.25) is 0 Å². The highest BCUT2D eigenvalue weighted by Gasteiger charge is 2.11. The molecule has 0 aromatic heterocycles. The van der Waals surface area contributed by atoms with Crippen LogP contribution < -0.4 is 0 Å². The molecule has 0 radical (unpaired) electrons. The van der Waals surface area contributed by atoms with Crippen molar-refractivity contribution in [3.05, 3.63) is 69.9 Å². The van der Waals surface area contributed by atoms with Crippen LogP contribution in [-0.4, -0.2) is 24.3 Å². The van der Waals surface area contributed by atoms with Gasteiger partial charge in [0, 0.05) is 16.6 Å². The van der Waals surface area contributed by atoms with Gasteiger partial charge in [-0.3, -0.25) is 9.69 Å². The van der Waals surface area contributed by atoms with Crippen molar-refractivity contribution in [2.75, 3.05) is 13.6 Å². The number of halogens is 2. The molecule has 4 heteroatoms. The molecule has 2 nitrogen and oxygen atoms in total. The van der Waals surface area contributed by atoms with Gasteiger partial charge >= 0.3 is 0 Å². The minimum Gasteiger partial charge on any atom is -0.295 e. The molecule has 0 aliphatic rings. The van der Waals surface area contributed by atoms with Crippen LogP contribution in [0.1, 0.15) is 15.9 Å². The predicted octanol–water partition coefficient (Wildman–Crippen LogP) is 3.90. The summed E-state index contributed by atoms with van der Waals surface area (Å²) in [6.07, 6.45) is 0. The second-order valence-corrected chi connectivity index (χ2v) is 5.55. The van der Waals surface area contributed by atoms with Gasteiger partial charge in [-0.15, -0.1) is 0 Å². The Hall–Kier alpha value is -1.52. The van der Waals surface area contributed by atoms with Gasteiger partial charge in [0.05, 0.1) is 6.54 Å². The van der Waals surface area contributed by atoms with Crippen LogP contribution in [0.15, 0.2) is 53.0 Å². The van der Waals surface area contributed by atoms with E-state index in [-0.39, 0.29) is 18.1 Å². The Morgan fingerprint density at radius 2 is 1.95 bits per heavy atom. The first-order valence-corrected chi connectivity index (χ1v) is 7.06. The van der Waals surface area contributed by atoms with Crippen LogP contribution in [-0.2, 0) is 6.54 Å². The van der Waals surface area contributed by atoms with Crippen molar-refractivity contribution in [2.24, 2.45) is 0 Å². The number of benzene rings is 2. The predicted molar refractivity (Wildman–Crippen MR) is 81.2 cm³/mol. The van der Waals surface area contributed by atoms with Gasteiger partial charge in [-0.25, -0.2) is 4.39 Å². The molecule has 0 unspecified atom stereocenters. The Labute approximate surface area is 126 Å². The number of Topliss-reactive ketones (excluding diaryl/α,β-unsaturated/α-hetero) is 1. The third kappa shape index (κ3) is 3.99. The standard InChI is InChI=1S/C16H15BrFNO/c1-19(10-13-5-2-3-8-15(13)17)11-16(20)12-6-4-7-14(18)9-12/h2-9H,10-11H2,1H3. The molecule has 2 aromatic rings. The Morgan fingerprint density at radius 3 is 2.65 bits per heavy atom. The van der Waals surface area contributed by atoms with Crippen molar-refractivity contribution in [1.29, 1.82) is 0 Å². The van der Waals surface area contributed by atoms with Gasteiger partial charge in [-0.2, -0.15) is 0 Å². The highest BCUT2D eigenvalue weighted by Crippen LogP contribution is 2.17. The fourth-order valence-corrected chi connectivity index (χ4v) is 2.38. The maximum atomic E-state index is 13.1. The molecule has 0 heterocycles. The Morgan fingerprint density at radius 1 is 1.20 bits per heavy atom. The van der Waals surface area contributed by atoms with Crippen LogP contribution in [0.25, 0.3) is 0 Å². The zero-order chi connectivity index (χ0) is 14.5. The van der Waals surface area contributed by atoms with Crippen LogP contribution in [0.2, 0.25) is 0 Å². The minimum absolute atomic E-state index is 0.0842. The lowest BCUT2D eigenvalue weighted by Crippen LogP contribution is -2.25. The van der Waals surface area contributed by atoms with Crippen molar-refractivity contribution in [3.63, 3.8) is 0 Å². The number of hydrogen-bond acceptors (Lipinski definition) is 2. The molecule has 20 heavy (non-hydrogen) atoms. The number of ketones is 1. The lowest BCUT2D eigenvalue weighted by atomic mass is 10.1. The van der Waals surface area contributed by atoms with E-state index in [1.807, 2.05) is 36.2 Å². The summed E-state index contributed by atoms with van der Waals surface area (Å²) in [6, 6.07) is 13.7. The molecule has 0 aliphatic carbocycles. The fourth-order valence-electron chi connectivity index (χ4n) is 1.97. The van der Waals surface area contributed by atoms with E-state index in [2.05, 4.69) is 15.9 Å². The lowest BCUT2D eigenvalue weighted by molar-refractivity contribution is 0.0942. The average molecular weight is 336 g/mol. The van der Waals surface area contributed by atoms with Crippen molar-refractivity contribution < 1.29 is 9.18 Å². The Balaban J connectivity index is 2.00. The van der Waals surface area contributed by atoms with E-state index in [9.17, 15) is 9.18 Å². The van der Waals surface area contributed by atoms with Crippen LogP contribution in [0.3, 0.4) is 0 Å². The molecular formula is C16H15BrFNO. The maximum absolute atomic E-state index is 13.1. The van der Waals surface area contributed by atoms with Crippen LogP contribution in [0, 0.1) is 5.82 Å². The number of nitrogens with zero attached hydrogens (tertiary/aromatic N) is 1. The van der Waals surface area contributed by atoms with E-state index in [1.165, 1.54) is 12.1 Å². The Bertz CT molecular complexity index is 615. The second kappa shape index (κ2) is 6.77. The zero-order valence-corrected chi connectivity index (χ0v) is 12.7. The van der Waals surface area contributed by atoms with E-state index < -0.39 is 0 Å². The first-order valence-electron chi connectivity index (χ1n) is 6.27. The smallest absolute Gasteiger partial charge is 0.176 e. The molecule has 2 rings (SSSR count). The summed E-state index contributed by atoms with van der Waals surface area (Å²) in [4.78, 5) is 14.0.